The molecule has 0 radical (unpaired) electrons. The number of rotatable bonds is 7. The zero-order valence-electron chi connectivity index (χ0n) is 8.72. The summed E-state index contributed by atoms with van der Waals surface area (Å²) in [4.78, 5) is 14.5. The smallest absolute Gasteiger partial charge is 0.274 e. The maximum Gasteiger partial charge on any atom is 0.274 e. The predicted octanol–water partition coefficient (Wildman–Crippen LogP) is 1.67. The van der Waals surface area contributed by atoms with Crippen molar-refractivity contribution in [1.82, 2.24) is 4.98 Å². The SMILES string of the molecule is O=CC(CCSSc1ccccn1)S(=O)(=O)O. The summed E-state index contributed by atoms with van der Waals surface area (Å²) < 4.78 is 30.2. The number of hydrogen-bond donors (Lipinski definition) is 1. The third-order valence-electron chi connectivity index (χ3n) is 1.80. The number of aromatic nitrogens is 1. The molecule has 1 heterocycles. The number of aldehydes is 1. The van der Waals surface area contributed by atoms with Crippen LogP contribution in [0, 0.1) is 0 Å². The highest BCUT2D eigenvalue weighted by molar-refractivity contribution is 8.76. The van der Waals surface area contributed by atoms with Crippen LogP contribution in [0.2, 0.25) is 0 Å². The van der Waals surface area contributed by atoms with Gasteiger partial charge in [-0.05, 0) is 29.3 Å². The van der Waals surface area contributed by atoms with E-state index in [4.69, 9.17) is 4.55 Å². The number of hydrogen-bond acceptors (Lipinski definition) is 6. The molecule has 1 rings (SSSR count). The minimum atomic E-state index is -4.27. The summed E-state index contributed by atoms with van der Waals surface area (Å²) in [6, 6.07) is 5.48. The monoisotopic (exact) mass is 293 g/mol. The molecule has 0 fully saturated rings. The highest BCUT2D eigenvalue weighted by Crippen LogP contribution is 2.29. The van der Waals surface area contributed by atoms with Crippen LogP contribution >= 0.6 is 21.6 Å². The molecule has 17 heavy (non-hydrogen) atoms. The second kappa shape index (κ2) is 7.00. The minimum absolute atomic E-state index is 0.0901. The Hall–Kier alpha value is -0.570. The first-order valence-electron chi connectivity index (χ1n) is 4.66. The lowest BCUT2D eigenvalue weighted by Crippen LogP contribution is -2.22. The van der Waals surface area contributed by atoms with E-state index in [2.05, 4.69) is 4.98 Å². The molecule has 5 nitrogen and oxygen atoms in total. The Morgan fingerprint density at radius 3 is 2.76 bits per heavy atom. The molecular weight excluding hydrogens is 282 g/mol. The van der Waals surface area contributed by atoms with Crippen molar-refractivity contribution in [2.75, 3.05) is 5.75 Å². The molecule has 1 aromatic rings. The molecule has 8 heteroatoms. The molecule has 0 saturated carbocycles. The Bertz CT molecular complexity index is 449. The summed E-state index contributed by atoms with van der Waals surface area (Å²) in [5.41, 5.74) is 0. The molecule has 0 aliphatic carbocycles. The first kappa shape index (κ1) is 14.5. The van der Waals surface area contributed by atoms with E-state index in [0.29, 0.717) is 5.75 Å². The Morgan fingerprint density at radius 1 is 1.47 bits per heavy atom. The van der Waals surface area contributed by atoms with Gasteiger partial charge in [-0.3, -0.25) is 4.55 Å². The minimum Gasteiger partial charge on any atom is -0.302 e. The number of pyridine rings is 1. The van der Waals surface area contributed by atoms with E-state index >= 15 is 0 Å². The third-order valence-corrected chi connectivity index (χ3v) is 5.21. The molecule has 1 aromatic heterocycles. The summed E-state index contributed by atoms with van der Waals surface area (Å²) in [6.07, 6.45) is 2.00. The molecule has 1 unspecified atom stereocenters. The second-order valence-electron chi connectivity index (χ2n) is 3.05. The largest absolute Gasteiger partial charge is 0.302 e. The van der Waals surface area contributed by atoms with Gasteiger partial charge in [0.25, 0.3) is 10.1 Å². The zero-order chi connectivity index (χ0) is 12.7. The van der Waals surface area contributed by atoms with Crippen LogP contribution in [0.4, 0.5) is 0 Å². The van der Waals surface area contributed by atoms with Gasteiger partial charge in [0.15, 0.2) is 0 Å². The topological polar surface area (TPSA) is 84.3 Å². The van der Waals surface area contributed by atoms with Gasteiger partial charge in [0, 0.05) is 11.9 Å². The normalized spacial score (nSPS) is 13.2. The highest BCUT2D eigenvalue weighted by Gasteiger charge is 2.21. The number of carbonyl (C=O) groups excluding carboxylic acids is 1. The van der Waals surface area contributed by atoms with Crippen LogP contribution in [-0.4, -0.2) is 35.2 Å². The van der Waals surface area contributed by atoms with Crippen LogP contribution < -0.4 is 0 Å². The van der Waals surface area contributed by atoms with E-state index < -0.39 is 15.4 Å². The Balaban J connectivity index is 2.31. The van der Waals surface area contributed by atoms with Crippen molar-refractivity contribution in [2.45, 2.75) is 16.7 Å². The fourth-order valence-electron chi connectivity index (χ4n) is 0.950. The van der Waals surface area contributed by atoms with Gasteiger partial charge in [0.2, 0.25) is 0 Å². The number of nitrogens with zero attached hydrogens (tertiary/aromatic N) is 1. The van der Waals surface area contributed by atoms with E-state index in [-0.39, 0.29) is 12.7 Å². The number of carbonyl (C=O) groups is 1. The molecule has 0 amide bonds. The maximum atomic E-state index is 10.7. The molecule has 1 atom stereocenters. The van der Waals surface area contributed by atoms with Gasteiger partial charge in [-0.1, -0.05) is 16.9 Å². The Morgan fingerprint density at radius 2 is 2.24 bits per heavy atom. The van der Waals surface area contributed by atoms with Crippen molar-refractivity contribution in [3.8, 4) is 0 Å². The standard InChI is InChI=1S/C9H11NO4S3/c11-7-8(17(12,13)14)4-6-15-16-9-3-1-2-5-10-9/h1-3,5,7-8H,4,6H2,(H,12,13,14). The predicted molar refractivity (Wildman–Crippen MR) is 68.6 cm³/mol. The molecule has 0 bridgehead atoms. The summed E-state index contributed by atoms with van der Waals surface area (Å²) in [5.74, 6) is 0.435. The average molecular weight is 293 g/mol. The quantitative estimate of drug-likeness (QED) is 0.354. The van der Waals surface area contributed by atoms with Gasteiger partial charge in [-0.2, -0.15) is 8.42 Å². The molecule has 0 aliphatic heterocycles. The van der Waals surface area contributed by atoms with Gasteiger partial charge < -0.3 is 4.79 Å². The first-order chi connectivity index (χ1) is 8.04. The lowest BCUT2D eigenvalue weighted by Gasteiger charge is -2.05. The Kier molecular flexibility index (Phi) is 5.96. The molecule has 1 N–H and O–H groups in total. The van der Waals surface area contributed by atoms with Crippen LogP contribution in [-0.2, 0) is 14.9 Å². The molecule has 0 saturated heterocycles. The van der Waals surface area contributed by atoms with Crippen molar-refractivity contribution >= 4 is 38.0 Å². The third kappa shape index (κ3) is 5.53. The van der Waals surface area contributed by atoms with Crippen LogP contribution in [0.15, 0.2) is 29.4 Å². The maximum absolute atomic E-state index is 10.7. The van der Waals surface area contributed by atoms with Gasteiger partial charge in [-0.15, -0.1) is 0 Å². The molecule has 0 spiro atoms. The summed E-state index contributed by atoms with van der Waals surface area (Å²) in [5, 5.41) is -0.522. The molecular formula is C9H11NO4S3. The first-order valence-corrected chi connectivity index (χ1v) is 8.48. The lowest BCUT2D eigenvalue weighted by atomic mass is 10.4. The fraction of sp³-hybridized carbons (Fsp3) is 0.333. The molecule has 0 aliphatic rings. The highest BCUT2D eigenvalue weighted by atomic mass is 33.1. The lowest BCUT2D eigenvalue weighted by molar-refractivity contribution is -0.107. The van der Waals surface area contributed by atoms with Crippen LogP contribution in [0.1, 0.15) is 6.42 Å². The van der Waals surface area contributed by atoms with Gasteiger partial charge in [0.05, 0.1) is 0 Å². The van der Waals surface area contributed by atoms with Crippen molar-refractivity contribution < 1.29 is 17.8 Å². The second-order valence-corrected chi connectivity index (χ2v) is 7.12. The van der Waals surface area contributed by atoms with Crippen LogP contribution in [0.5, 0.6) is 0 Å². The summed E-state index contributed by atoms with van der Waals surface area (Å²) >= 11 is 0. The van der Waals surface area contributed by atoms with Crippen molar-refractivity contribution in [3.63, 3.8) is 0 Å². The zero-order valence-corrected chi connectivity index (χ0v) is 11.2. The molecule has 94 valence electrons. The van der Waals surface area contributed by atoms with E-state index in [1.807, 2.05) is 12.1 Å². The van der Waals surface area contributed by atoms with Crippen LogP contribution in [0.3, 0.4) is 0 Å². The van der Waals surface area contributed by atoms with Gasteiger partial charge in [-0.25, -0.2) is 4.98 Å². The van der Waals surface area contributed by atoms with E-state index in [9.17, 15) is 13.2 Å². The molecule has 0 aromatic carbocycles. The van der Waals surface area contributed by atoms with Gasteiger partial charge >= 0.3 is 0 Å². The van der Waals surface area contributed by atoms with E-state index in [1.54, 1.807) is 12.3 Å². The Labute approximate surface area is 108 Å². The van der Waals surface area contributed by atoms with Crippen molar-refractivity contribution in [3.05, 3.63) is 24.4 Å². The van der Waals surface area contributed by atoms with E-state index in [1.165, 1.54) is 21.6 Å². The van der Waals surface area contributed by atoms with Crippen molar-refractivity contribution in [1.29, 1.82) is 0 Å². The average Bonchev–Trinajstić information content (AvgIpc) is 2.28. The summed E-state index contributed by atoms with van der Waals surface area (Å²) in [7, 11) is -1.48. The van der Waals surface area contributed by atoms with Gasteiger partial charge in [0.1, 0.15) is 16.6 Å². The van der Waals surface area contributed by atoms with E-state index in [0.717, 1.165) is 5.03 Å². The van der Waals surface area contributed by atoms with Crippen molar-refractivity contribution in [2.24, 2.45) is 0 Å². The van der Waals surface area contributed by atoms with Crippen LogP contribution in [0.25, 0.3) is 0 Å². The fourth-order valence-corrected chi connectivity index (χ4v) is 3.64. The summed E-state index contributed by atoms with van der Waals surface area (Å²) in [6.45, 7) is 0.